The largest absolute Gasteiger partial charge is 0.459 e. The molecule has 9 nitrogen and oxygen atoms in total. The minimum Gasteiger partial charge on any atom is -0.459 e. The van der Waals surface area contributed by atoms with Gasteiger partial charge in [0.15, 0.2) is 23.4 Å². The molecule has 1 atom stereocenters. The molecular formula is C19H20N2O7. The van der Waals surface area contributed by atoms with E-state index >= 15 is 0 Å². The van der Waals surface area contributed by atoms with Crippen molar-refractivity contribution in [2.45, 2.75) is 26.0 Å². The number of rotatable bonds is 8. The number of nitrogens with one attached hydrogen (secondary N) is 2. The van der Waals surface area contributed by atoms with E-state index in [-0.39, 0.29) is 32.1 Å². The summed E-state index contributed by atoms with van der Waals surface area (Å²) in [6.07, 6.45) is 0.363. The van der Waals surface area contributed by atoms with Crippen LogP contribution in [0.2, 0.25) is 0 Å². The van der Waals surface area contributed by atoms with Crippen LogP contribution in [-0.4, -0.2) is 37.2 Å². The molecule has 1 aliphatic rings. The van der Waals surface area contributed by atoms with Gasteiger partial charge in [-0.15, -0.1) is 0 Å². The molecule has 0 aliphatic carbocycles. The normalized spacial score (nSPS) is 12.9. The summed E-state index contributed by atoms with van der Waals surface area (Å²) in [7, 11) is 0. The van der Waals surface area contributed by atoms with E-state index in [1.165, 1.54) is 19.3 Å². The Balaban J connectivity index is 1.36. The first-order valence-electron chi connectivity index (χ1n) is 8.70. The highest BCUT2D eigenvalue weighted by Crippen LogP contribution is 2.32. The highest BCUT2D eigenvalue weighted by atomic mass is 16.7. The number of furan rings is 1. The summed E-state index contributed by atoms with van der Waals surface area (Å²) in [6.45, 7) is 1.99. The van der Waals surface area contributed by atoms with E-state index < -0.39 is 23.9 Å². The second-order valence-corrected chi connectivity index (χ2v) is 6.02. The molecular weight excluding hydrogens is 368 g/mol. The molecule has 0 bridgehead atoms. The van der Waals surface area contributed by atoms with Crippen LogP contribution in [0.5, 0.6) is 11.5 Å². The van der Waals surface area contributed by atoms with Crippen molar-refractivity contribution in [2.24, 2.45) is 0 Å². The Morgan fingerprint density at radius 3 is 2.75 bits per heavy atom. The van der Waals surface area contributed by atoms with Crippen molar-refractivity contribution in [2.75, 3.05) is 13.3 Å². The maximum absolute atomic E-state index is 12.1. The van der Waals surface area contributed by atoms with Gasteiger partial charge in [0.1, 0.15) is 0 Å². The number of carbonyl (C=O) groups excluding carboxylic acids is 3. The highest BCUT2D eigenvalue weighted by Gasteiger charge is 2.19. The second-order valence-electron chi connectivity index (χ2n) is 6.02. The average Bonchev–Trinajstić information content (AvgIpc) is 3.37. The summed E-state index contributed by atoms with van der Waals surface area (Å²) in [6, 6.07) is 8.46. The summed E-state index contributed by atoms with van der Waals surface area (Å²) >= 11 is 0. The summed E-state index contributed by atoms with van der Waals surface area (Å²) in [4.78, 5) is 35.6. The predicted octanol–water partition coefficient (Wildman–Crippen LogP) is 1.38. The lowest BCUT2D eigenvalue weighted by atomic mass is 10.2. The van der Waals surface area contributed by atoms with Crippen LogP contribution in [0.15, 0.2) is 41.0 Å². The first-order valence-corrected chi connectivity index (χ1v) is 8.70. The molecule has 0 saturated carbocycles. The summed E-state index contributed by atoms with van der Waals surface area (Å²) in [5, 5.41) is 5.22. The van der Waals surface area contributed by atoms with Gasteiger partial charge >= 0.3 is 5.97 Å². The van der Waals surface area contributed by atoms with Crippen molar-refractivity contribution < 1.29 is 33.0 Å². The van der Waals surface area contributed by atoms with Crippen LogP contribution in [0, 0.1) is 0 Å². The maximum Gasteiger partial charge on any atom is 0.308 e. The van der Waals surface area contributed by atoms with Crippen LogP contribution in [0.1, 0.15) is 29.5 Å². The Bertz CT molecular complexity index is 848. The molecule has 28 heavy (non-hydrogen) atoms. The monoisotopic (exact) mass is 388 g/mol. The van der Waals surface area contributed by atoms with Gasteiger partial charge in [0, 0.05) is 13.1 Å². The fourth-order valence-electron chi connectivity index (χ4n) is 2.47. The molecule has 2 heterocycles. The molecule has 0 radical (unpaired) electrons. The number of amides is 2. The average molecular weight is 388 g/mol. The molecule has 9 heteroatoms. The molecule has 148 valence electrons. The fraction of sp³-hybridized carbons (Fsp3) is 0.316. The fourth-order valence-corrected chi connectivity index (χ4v) is 2.47. The molecule has 2 aromatic rings. The van der Waals surface area contributed by atoms with Crippen LogP contribution in [0.3, 0.4) is 0 Å². The van der Waals surface area contributed by atoms with Crippen molar-refractivity contribution in [1.82, 2.24) is 10.6 Å². The molecule has 2 N–H and O–H groups in total. The third-order valence-corrected chi connectivity index (χ3v) is 3.94. The molecule has 1 aromatic carbocycles. The van der Waals surface area contributed by atoms with Gasteiger partial charge in [-0.1, -0.05) is 6.07 Å². The highest BCUT2D eigenvalue weighted by molar-refractivity contribution is 5.91. The Hall–Kier alpha value is -3.49. The minimum absolute atomic E-state index is 0.0633. The van der Waals surface area contributed by atoms with Crippen LogP contribution >= 0.6 is 0 Å². The molecule has 3 rings (SSSR count). The number of benzene rings is 1. The summed E-state index contributed by atoms with van der Waals surface area (Å²) in [5.74, 6) is 0.00685. The molecule has 1 aliphatic heterocycles. The molecule has 0 unspecified atom stereocenters. The number of fused-ring (bicyclic) bond motifs is 1. The van der Waals surface area contributed by atoms with Gasteiger partial charge in [0.25, 0.3) is 11.8 Å². The molecule has 0 saturated heterocycles. The van der Waals surface area contributed by atoms with Crippen molar-refractivity contribution in [3.8, 4) is 11.5 Å². The van der Waals surface area contributed by atoms with Gasteiger partial charge in [-0.25, -0.2) is 0 Å². The van der Waals surface area contributed by atoms with Gasteiger partial charge in [0.05, 0.1) is 12.7 Å². The first-order chi connectivity index (χ1) is 13.5. The van der Waals surface area contributed by atoms with E-state index in [0.717, 1.165) is 5.56 Å². The van der Waals surface area contributed by atoms with Crippen molar-refractivity contribution in [3.63, 3.8) is 0 Å². The Morgan fingerprint density at radius 1 is 1.14 bits per heavy atom. The van der Waals surface area contributed by atoms with Crippen molar-refractivity contribution in [1.29, 1.82) is 0 Å². The van der Waals surface area contributed by atoms with Gasteiger partial charge in [-0.2, -0.15) is 0 Å². The zero-order valence-electron chi connectivity index (χ0n) is 15.2. The SMILES string of the molecule is C[C@H](OC(=O)CCNC(=O)c1ccco1)C(=O)NCc1ccc2c(c1)OCO2. The lowest BCUT2D eigenvalue weighted by Crippen LogP contribution is -2.36. The maximum atomic E-state index is 12.1. The van der Waals surface area contributed by atoms with E-state index in [4.69, 9.17) is 18.6 Å². The van der Waals surface area contributed by atoms with Crippen LogP contribution in [-0.2, 0) is 20.9 Å². The van der Waals surface area contributed by atoms with E-state index in [9.17, 15) is 14.4 Å². The lowest BCUT2D eigenvalue weighted by Gasteiger charge is -2.14. The van der Waals surface area contributed by atoms with Gasteiger partial charge in [-0.3, -0.25) is 14.4 Å². The standard InChI is InChI=1S/C19H20N2O7/c1-12(28-17(22)6-7-20-19(24)15-3-2-8-25-15)18(23)21-10-13-4-5-14-16(9-13)27-11-26-14/h2-5,8-9,12H,6-7,10-11H2,1H3,(H,20,24)(H,21,23)/t12-/m0/s1. The molecule has 1 aromatic heterocycles. The third-order valence-electron chi connectivity index (χ3n) is 3.94. The van der Waals surface area contributed by atoms with Gasteiger partial charge in [-0.05, 0) is 36.8 Å². The van der Waals surface area contributed by atoms with Crippen molar-refractivity contribution in [3.05, 3.63) is 47.9 Å². The Morgan fingerprint density at radius 2 is 1.96 bits per heavy atom. The Labute approximate surface area is 160 Å². The predicted molar refractivity (Wildman–Crippen MR) is 95.6 cm³/mol. The number of hydrogen-bond donors (Lipinski definition) is 2. The second kappa shape index (κ2) is 8.94. The Kier molecular flexibility index (Phi) is 6.15. The van der Waals surface area contributed by atoms with Gasteiger partial charge in [0.2, 0.25) is 6.79 Å². The number of esters is 1. The van der Waals surface area contributed by atoms with E-state index in [1.807, 2.05) is 6.07 Å². The smallest absolute Gasteiger partial charge is 0.308 e. The third kappa shape index (κ3) is 5.03. The number of ether oxygens (including phenoxy) is 3. The van der Waals surface area contributed by atoms with E-state index in [2.05, 4.69) is 10.6 Å². The summed E-state index contributed by atoms with van der Waals surface area (Å²) < 4.78 is 20.5. The molecule has 0 spiro atoms. The molecule has 2 amide bonds. The van der Waals surface area contributed by atoms with Crippen LogP contribution in [0.25, 0.3) is 0 Å². The van der Waals surface area contributed by atoms with E-state index in [1.54, 1.807) is 18.2 Å². The zero-order valence-corrected chi connectivity index (χ0v) is 15.2. The topological polar surface area (TPSA) is 116 Å². The first kappa shape index (κ1) is 19.3. The lowest BCUT2D eigenvalue weighted by molar-refractivity contribution is -0.154. The summed E-state index contributed by atoms with van der Waals surface area (Å²) in [5.41, 5.74) is 0.830. The van der Waals surface area contributed by atoms with Crippen LogP contribution < -0.4 is 20.1 Å². The number of carbonyl (C=O) groups is 3. The van der Waals surface area contributed by atoms with E-state index in [0.29, 0.717) is 11.5 Å². The van der Waals surface area contributed by atoms with Crippen LogP contribution in [0.4, 0.5) is 0 Å². The minimum atomic E-state index is -0.956. The molecule has 0 fully saturated rings. The van der Waals surface area contributed by atoms with Gasteiger partial charge < -0.3 is 29.3 Å². The number of hydrogen-bond acceptors (Lipinski definition) is 7. The zero-order chi connectivity index (χ0) is 19.9. The van der Waals surface area contributed by atoms with Crippen molar-refractivity contribution >= 4 is 17.8 Å². The quantitative estimate of drug-likeness (QED) is 0.656.